The highest BCUT2D eigenvalue weighted by Crippen LogP contribution is 2.34. The number of unbranched alkanes of at least 4 members (excludes halogenated alkanes) is 1. The average Bonchev–Trinajstić information content (AvgIpc) is 2.46. The van der Waals surface area contributed by atoms with Gasteiger partial charge in [-0.1, -0.05) is 19.8 Å². The number of hydrogen-bond donors (Lipinski definition) is 2. The number of aliphatic carboxylic acids is 1. The van der Waals surface area contributed by atoms with Crippen LogP contribution in [0.25, 0.3) is 0 Å². The van der Waals surface area contributed by atoms with Crippen LogP contribution in [-0.2, 0) is 4.79 Å². The highest BCUT2D eigenvalue weighted by molar-refractivity contribution is 8.00. The fraction of sp³-hybridized carbons (Fsp3) is 0.889. The van der Waals surface area contributed by atoms with Crippen LogP contribution in [0.4, 0.5) is 0 Å². The summed E-state index contributed by atoms with van der Waals surface area (Å²) in [5, 5.41) is 12.0. The predicted molar refractivity (Wildman–Crippen MR) is 54.9 cm³/mol. The number of carboxylic acids is 1. The second-order valence-corrected chi connectivity index (χ2v) is 5.20. The molecule has 1 heterocycles. The third-order valence-electron chi connectivity index (χ3n) is 2.35. The van der Waals surface area contributed by atoms with Crippen LogP contribution in [0.3, 0.4) is 0 Å². The van der Waals surface area contributed by atoms with Gasteiger partial charge in [-0.25, -0.2) is 0 Å². The number of carboxylic acid groups (broad SMARTS) is 1. The molecule has 0 amide bonds. The van der Waals surface area contributed by atoms with Gasteiger partial charge in [0, 0.05) is 5.75 Å². The van der Waals surface area contributed by atoms with Crippen molar-refractivity contribution >= 4 is 17.7 Å². The summed E-state index contributed by atoms with van der Waals surface area (Å²) in [5.74, 6) is -0.0389. The van der Waals surface area contributed by atoms with E-state index in [-0.39, 0.29) is 10.9 Å². The molecule has 0 aliphatic carbocycles. The monoisotopic (exact) mass is 203 g/mol. The summed E-state index contributed by atoms with van der Waals surface area (Å²) >= 11 is 1.73. The number of carbonyl (C=O) groups is 1. The van der Waals surface area contributed by atoms with Crippen LogP contribution in [0.1, 0.15) is 33.1 Å². The molecule has 1 aliphatic heterocycles. The van der Waals surface area contributed by atoms with Gasteiger partial charge in [-0.3, -0.25) is 10.1 Å². The lowest BCUT2D eigenvalue weighted by molar-refractivity contribution is -0.138. The van der Waals surface area contributed by atoms with Crippen LogP contribution in [0, 0.1) is 0 Å². The summed E-state index contributed by atoms with van der Waals surface area (Å²) in [6.45, 7) is 4.24. The van der Waals surface area contributed by atoms with E-state index in [0.29, 0.717) is 5.75 Å². The third kappa shape index (κ3) is 2.88. The first-order chi connectivity index (χ1) is 6.07. The lowest BCUT2D eigenvalue weighted by Crippen LogP contribution is -2.43. The average molecular weight is 203 g/mol. The van der Waals surface area contributed by atoms with Crippen molar-refractivity contribution in [2.24, 2.45) is 0 Å². The molecule has 1 fully saturated rings. The van der Waals surface area contributed by atoms with Gasteiger partial charge in [0.15, 0.2) is 0 Å². The van der Waals surface area contributed by atoms with Crippen molar-refractivity contribution in [1.29, 1.82) is 0 Å². The van der Waals surface area contributed by atoms with Crippen molar-refractivity contribution in [2.75, 3.05) is 5.75 Å². The smallest absolute Gasteiger partial charge is 0.321 e. The SMILES string of the molecule is CCCC[C@]1(C)N[C@H](C(=O)O)CS1. The molecule has 1 aliphatic rings. The number of thioether (sulfide) groups is 1. The molecular formula is C9H17NO2S. The van der Waals surface area contributed by atoms with Crippen molar-refractivity contribution in [3.8, 4) is 0 Å². The van der Waals surface area contributed by atoms with E-state index >= 15 is 0 Å². The molecule has 0 aromatic rings. The highest BCUT2D eigenvalue weighted by atomic mass is 32.2. The van der Waals surface area contributed by atoms with Crippen LogP contribution in [0.15, 0.2) is 0 Å². The van der Waals surface area contributed by atoms with Crippen molar-refractivity contribution in [2.45, 2.75) is 44.0 Å². The van der Waals surface area contributed by atoms with Crippen LogP contribution in [0.2, 0.25) is 0 Å². The zero-order chi connectivity index (χ0) is 9.90. The standard InChI is InChI=1S/C9H17NO2S/c1-3-4-5-9(2)10-7(6-13-9)8(11)12/h7,10H,3-6H2,1-2H3,(H,11,12)/t7-,9+/m0/s1. The van der Waals surface area contributed by atoms with Gasteiger partial charge < -0.3 is 5.11 Å². The molecule has 0 radical (unpaired) electrons. The van der Waals surface area contributed by atoms with E-state index in [9.17, 15) is 4.79 Å². The Hall–Kier alpha value is -0.220. The molecule has 0 saturated carbocycles. The summed E-state index contributed by atoms with van der Waals surface area (Å²) in [4.78, 5) is 10.7. The molecule has 0 spiro atoms. The zero-order valence-electron chi connectivity index (χ0n) is 8.17. The first-order valence-electron chi connectivity index (χ1n) is 4.72. The molecule has 2 N–H and O–H groups in total. The fourth-order valence-corrected chi connectivity index (χ4v) is 2.79. The molecule has 0 aromatic heterocycles. The molecule has 1 saturated heterocycles. The van der Waals surface area contributed by atoms with E-state index in [1.165, 1.54) is 0 Å². The van der Waals surface area contributed by atoms with Crippen LogP contribution in [-0.4, -0.2) is 27.7 Å². The summed E-state index contributed by atoms with van der Waals surface area (Å²) < 4.78 is 0. The van der Waals surface area contributed by atoms with E-state index in [4.69, 9.17) is 5.11 Å². The van der Waals surface area contributed by atoms with E-state index in [1.54, 1.807) is 11.8 Å². The Balaban J connectivity index is 2.41. The molecule has 2 atom stereocenters. The number of hydrogen-bond acceptors (Lipinski definition) is 3. The molecule has 1 rings (SSSR count). The Morgan fingerprint density at radius 1 is 1.77 bits per heavy atom. The number of rotatable bonds is 4. The Bertz CT molecular complexity index is 198. The predicted octanol–water partition coefficient (Wildman–Crippen LogP) is 1.68. The zero-order valence-corrected chi connectivity index (χ0v) is 8.99. The van der Waals surface area contributed by atoms with Gasteiger partial charge in [0.1, 0.15) is 6.04 Å². The first-order valence-corrected chi connectivity index (χ1v) is 5.70. The van der Waals surface area contributed by atoms with Crippen LogP contribution in [0.5, 0.6) is 0 Å². The molecule has 4 heteroatoms. The summed E-state index contributed by atoms with van der Waals surface area (Å²) in [7, 11) is 0. The maximum absolute atomic E-state index is 10.7. The Labute approximate surface area is 83.3 Å². The van der Waals surface area contributed by atoms with Crippen LogP contribution < -0.4 is 5.32 Å². The molecule has 0 aromatic carbocycles. The molecule has 76 valence electrons. The minimum absolute atomic E-state index is 0.0148. The molecular weight excluding hydrogens is 186 g/mol. The molecule has 0 unspecified atom stereocenters. The quantitative estimate of drug-likeness (QED) is 0.730. The second kappa shape index (κ2) is 4.33. The largest absolute Gasteiger partial charge is 0.480 e. The van der Waals surface area contributed by atoms with Crippen molar-refractivity contribution in [1.82, 2.24) is 5.32 Å². The van der Waals surface area contributed by atoms with Gasteiger partial charge in [0.25, 0.3) is 0 Å². The van der Waals surface area contributed by atoms with Crippen LogP contribution >= 0.6 is 11.8 Å². The van der Waals surface area contributed by atoms with E-state index in [0.717, 1.165) is 19.3 Å². The fourth-order valence-electron chi connectivity index (χ4n) is 1.51. The van der Waals surface area contributed by atoms with E-state index in [2.05, 4.69) is 19.2 Å². The maximum atomic E-state index is 10.7. The van der Waals surface area contributed by atoms with Gasteiger partial charge >= 0.3 is 5.97 Å². The Kier molecular flexibility index (Phi) is 3.62. The molecule has 13 heavy (non-hydrogen) atoms. The van der Waals surface area contributed by atoms with Crippen molar-refractivity contribution in [3.05, 3.63) is 0 Å². The summed E-state index contributed by atoms with van der Waals surface area (Å²) in [6, 6.07) is -0.355. The minimum Gasteiger partial charge on any atom is -0.480 e. The van der Waals surface area contributed by atoms with Gasteiger partial charge in [0.05, 0.1) is 4.87 Å². The lowest BCUT2D eigenvalue weighted by atomic mass is 10.1. The normalized spacial score (nSPS) is 33.5. The summed E-state index contributed by atoms with van der Waals surface area (Å²) in [5.41, 5.74) is 0. The molecule has 3 nitrogen and oxygen atoms in total. The lowest BCUT2D eigenvalue weighted by Gasteiger charge is -2.23. The molecule has 0 bridgehead atoms. The third-order valence-corrected chi connectivity index (χ3v) is 3.81. The van der Waals surface area contributed by atoms with E-state index in [1.807, 2.05) is 0 Å². The first kappa shape index (κ1) is 10.9. The van der Waals surface area contributed by atoms with Gasteiger partial charge in [-0.15, -0.1) is 11.8 Å². The second-order valence-electron chi connectivity index (χ2n) is 3.68. The maximum Gasteiger partial charge on any atom is 0.321 e. The van der Waals surface area contributed by atoms with Crippen molar-refractivity contribution < 1.29 is 9.90 Å². The summed E-state index contributed by atoms with van der Waals surface area (Å²) in [6.07, 6.45) is 3.37. The van der Waals surface area contributed by atoms with Gasteiger partial charge in [0.2, 0.25) is 0 Å². The van der Waals surface area contributed by atoms with Crippen molar-refractivity contribution in [3.63, 3.8) is 0 Å². The Morgan fingerprint density at radius 2 is 2.46 bits per heavy atom. The topological polar surface area (TPSA) is 49.3 Å². The van der Waals surface area contributed by atoms with Gasteiger partial charge in [-0.05, 0) is 13.3 Å². The number of nitrogens with one attached hydrogen (secondary N) is 1. The Morgan fingerprint density at radius 3 is 2.92 bits per heavy atom. The highest BCUT2D eigenvalue weighted by Gasteiger charge is 2.37. The van der Waals surface area contributed by atoms with Gasteiger partial charge in [-0.2, -0.15) is 0 Å². The van der Waals surface area contributed by atoms with E-state index < -0.39 is 5.97 Å². The minimum atomic E-state index is -0.729.